The molecule has 1 amide bonds. The molecule has 29 heavy (non-hydrogen) atoms. The summed E-state index contributed by atoms with van der Waals surface area (Å²) in [5.41, 5.74) is 2.84. The van der Waals surface area contributed by atoms with Crippen LogP contribution in [0.25, 0.3) is 0 Å². The van der Waals surface area contributed by atoms with Gasteiger partial charge in [-0.3, -0.25) is 4.79 Å². The van der Waals surface area contributed by atoms with Gasteiger partial charge in [-0.25, -0.2) is 0 Å². The summed E-state index contributed by atoms with van der Waals surface area (Å²) in [4.78, 5) is 13.9. The third kappa shape index (κ3) is 5.75. The number of amides is 1. The molecule has 3 rings (SSSR count). The summed E-state index contributed by atoms with van der Waals surface area (Å²) in [5.74, 6) is 2.01. The Kier molecular flexibility index (Phi) is 7.61. The predicted octanol–water partition coefficient (Wildman–Crippen LogP) is 4.70. The minimum Gasteiger partial charge on any atom is -0.492 e. The first-order chi connectivity index (χ1) is 13.9. The molecule has 2 aliphatic rings. The Labute approximate surface area is 177 Å². The highest BCUT2D eigenvalue weighted by atomic mass is 16.5. The summed E-state index contributed by atoms with van der Waals surface area (Å²) in [7, 11) is 0. The van der Waals surface area contributed by atoms with Gasteiger partial charge in [-0.05, 0) is 62.6 Å². The fourth-order valence-corrected chi connectivity index (χ4v) is 4.78. The number of nitrogens with one attached hydrogen (secondary N) is 1. The molecular formula is C25H40N2O2. The molecule has 0 bridgehead atoms. The van der Waals surface area contributed by atoms with Crippen LogP contribution in [-0.4, -0.2) is 43.1 Å². The minimum absolute atomic E-state index is 0.131. The Balaban J connectivity index is 1.41. The molecule has 0 spiro atoms. The smallest absolute Gasteiger partial charge is 0.222 e. The molecule has 0 aliphatic carbocycles. The lowest BCUT2D eigenvalue weighted by Gasteiger charge is -2.27. The molecule has 2 aliphatic heterocycles. The fourth-order valence-electron chi connectivity index (χ4n) is 4.78. The number of carbonyl (C=O) groups excluding carboxylic acids is 1. The van der Waals surface area contributed by atoms with Crippen LogP contribution >= 0.6 is 0 Å². The van der Waals surface area contributed by atoms with E-state index < -0.39 is 0 Å². The van der Waals surface area contributed by atoms with E-state index in [9.17, 15) is 4.79 Å². The van der Waals surface area contributed by atoms with Gasteiger partial charge in [0.2, 0.25) is 5.91 Å². The Morgan fingerprint density at radius 2 is 2.07 bits per heavy atom. The van der Waals surface area contributed by atoms with Crippen LogP contribution in [0.4, 0.5) is 0 Å². The standard InChI is InChI=1S/C25H40N2O2/c1-5-22(26-13-7-9-15-27-14-8-6-10-24(27)28)19(2)16-20-11-12-21-23(17-20)29-18-25(21,3)4/h11-12,17,19,22,26H,5-10,13-16,18H2,1-4H3. The van der Waals surface area contributed by atoms with Crippen LogP contribution in [0.3, 0.4) is 0 Å². The van der Waals surface area contributed by atoms with E-state index in [0.29, 0.717) is 17.9 Å². The van der Waals surface area contributed by atoms with Gasteiger partial charge < -0.3 is 15.0 Å². The van der Waals surface area contributed by atoms with Crippen molar-refractivity contribution in [3.63, 3.8) is 0 Å². The maximum absolute atomic E-state index is 11.9. The zero-order valence-electron chi connectivity index (χ0n) is 18.9. The molecule has 2 atom stereocenters. The van der Waals surface area contributed by atoms with Crippen molar-refractivity contribution in [1.82, 2.24) is 10.2 Å². The van der Waals surface area contributed by atoms with E-state index >= 15 is 0 Å². The molecule has 0 aromatic heterocycles. The molecule has 1 fully saturated rings. The lowest BCUT2D eigenvalue weighted by Crippen LogP contribution is -2.37. The van der Waals surface area contributed by atoms with Gasteiger partial charge in [-0.15, -0.1) is 0 Å². The van der Waals surface area contributed by atoms with E-state index in [0.717, 1.165) is 70.5 Å². The summed E-state index contributed by atoms with van der Waals surface area (Å²) in [5, 5.41) is 3.77. The first-order valence-corrected chi connectivity index (χ1v) is 11.7. The number of unbranched alkanes of at least 4 members (excludes halogenated alkanes) is 1. The number of carbonyl (C=O) groups is 1. The molecule has 0 radical (unpaired) electrons. The summed E-state index contributed by atoms with van der Waals surface area (Å²) in [6, 6.07) is 7.33. The number of likely N-dealkylation sites (tertiary alicyclic amines) is 1. The molecule has 162 valence electrons. The SMILES string of the molecule is CCC(NCCCCN1CCCCC1=O)C(C)Cc1ccc2c(c1)OCC2(C)C. The fraction of sp³-hybridized carbons (Fsp3) is 0.720. The highest BCUT2D eigenvalue weighted by Crippen LogP contribution is 2.39. The summed E-state index contributed by atoms with van der Waals surface area (Å²) in [6.45, 7) is 12.8. The van der Waals surface area contributed by atoms with Gasteiger partial charge >= 0.3 is 0 Å². The van der Waals surface area contributed by atoms with Crippen molar-refractivity contribution < 1.29 is 9.53 Å². The second-order valence-corrected chi connectivity index (χ2v) is 9.70. The van der Waals surface area contributed by atoms with E-state index in [4.69, 9.17) is 4.74 Å². The normalized spacial score (nSPS) is 20.3. The number of hydrogen-bond acceptors (Lipinski definition) is 3. The van der Waals surface area contributed by atoms with Crippen LogP contribution in [0.5, 0.6) is 5.75 Å². The molecule has 4 heteroatoms. The van der Waals surface area contributed by atoms with E-state index in [2.05, 4.69) is 56.1 Å². The van der Waals surface area contributed by atoms with Gasteiger partial charge in [-0.2, -0.15) is 0 Å². The minimum atomic E-state index is 0.131. The zero-order chi connectivity index (χ0) is 20.9. The molecule has 2 unspecified atom stereocenters. The Morgan fingerprint density at radius 3 is 2.83 bits per heavy atom. The third-order valence-corrected chi connectivity index (χ3v) is 6.73. The Morgan fingerprint density at radius 1 is 1.24 bits per heavy atom. The van der Waals surface area contributed by atoms with E-state index in [1.165, 1.54) is 17.5 Å². The van der Waals surface area contributed by atoms with Gasteiger partial charge in [-0.1, -0.05) is 39.8 Å². The summed E-state index contributed by atoms with van der Waals surface area (Å²) >= 11 is 0. The highest BCUT2D eigenvalue weighted by molar-refractivity contribution is 5.76. The van der Waals surface area contributed by atoms with Crippen molar-refractivity contribution >= 4 is 5.91 Å². The van der Waals surface area contributed by atoms with Gasteiger partial charge in [0.25, 0.3) is 0 Å². The monoisotopic (exact) mass is 400 g/mol. The van der Waals surface area contributed by atoms with Crippen molar-refractivity contribution in [2.75, 3.05) is 26.2 Å². The Bertz CT molecular complexity index is 685. The second-order valence-electron chi connectivity index (χ2n) is 9.70. The lowest BCUT2D eigenvalue weighted by molar-refractivity contribution is -0.133. The van der Waals surface area contributed by atoms with Crippen molar-refractivity contribution in [3.8, 4) is 5.75 Å². The summed E-state index contributed by atoms with van der Waals surface area (Å²) in [6.07, 6.45) is 7.44. The van der Waals surface area contributed by atoms with Crippen LogP contribution in [0, 0.1) is 5.92 Å². The van der Waals surface area contributed by atoms with Gasteiger partial charge in [0.05, 0.1) is 6.61 Å². The zero-order valence-corrected chi connectivity index (χ0v) is 18.9. The average Bonchev–Trinajstić information content (AvgIpc) is 3.00. The van der Waals surface area contributed by atoms with Crippen LogP contribution in [0.2, 0.25) is 0 Å². The topological polar surface area (TPSA) is 41.6 Å². The number of benzene rings is 1. The molecule has 4 nitrogen and oxygen atoms in total. The van der Waals surface area contributed by atoms with Crippen LogP contribution in [0.15, 0.2) is 18.2 Å². The summed E-state index contributed by atoms with van der Waals surface area (Å²) < 4.78 is 5.93. The number of rotatable bonds is 10. The van der Waals surface area contributed by atoms with Crippen LogP contribution in [-0.2, 0) is 16.6 Å². The molecule has 1 saturated heterocycles. The molecule has 1 N–H and O–H groups in total. The molecule has 2 heterocycles. The number of piperidine rings is 1. The maximum atomic E-state index is 11.9. The van der Waals surface area contributed by atoms with E-state index in [1.54, 1.807) is 0 Å². The number of nitrogens with zero attached hydrogens (tertiary/aromatic N) is 1. The van der Waals surface area contributed by atoms with Gasteiger partial charge in [0.15, 0.2) is 0 Å². The van der Waals surface area contributed by atoms with Gasteiger partial charge in [0.1, 0.15) is 5.75 Å². The quantitative estimate of drug-likeness (QED) is 0.579. The third-order valence-electron chi connectivity index (χ3n) is 6.73. The lowest BCUT2D eigenvalue weighted by atomic mass is 9.85. The first kappa shape index (κ1) is 22.1. The van der Waals surface area contributed by atoms with Crippen LogP contribution < -0.4 is 10.1 Å². The van der Waals surface area contributed by atoms with Crippen molar-refractivity contribution in [1.29, 1.82) is 0 Å². The maximum Gasteiger partial charge on any atom is 0.222 e. The van der Waals surface area contributed by atoms with Crippen molar-refractivity contribution in [3.05, 3.63) is 29.3 Å². The van der Waals surface area contributed by atoms with Crippen molar-refractivity contribution in [2.24, 2.45) is 5.92 Å². The molecule has 1 aromatic carbocycles. The Hall–Kier alpha value is -1.55. The first-order valence-electron chi connectivity index (χ1n) is 11.7. The number of fused-ring (bicyclic) bond motifs is 1. The number of hydrogen-bond donors (Lipinski definition) is 1. The molecule has 1 aromatic rings. The van der Waals surface area contributed by atoms with Crippen LogP contribution in [0.1, 0.15) is 77.3 Å². The predicted molar refractivity (Wildman–Crippen MR) is 120 cm³/mol. The molecular weight excluding hydrogens is 360 g/mol. The number of ether oxygens (including phenoxy) is 1. The van der Waals surface area contributed by atoms with E-state index in [1.807, 2.05) is 0 Å². The van der Waals surface area contributed by atoms with Gasteiger partial charge in [0, 0.05) is 36.5 Å². The van der Waals surface area contributed by atoms with E-state index in [-0.39, 0.29) is 5.41 Å². The average molecular weight is 401 g/mol. The molecule has 0 saturated carbocycles. The second kappa shape index (κ2) is 9.97. The van der Waals surface area contributed by atoms with Crippen molar-refractivity contribution in [2.45, 2.75) is 84.1 Å². The highest BCUT2D eigenvalue weighted by Gasteiger charge is 2.31. The largest absolute Gasteiger partial charge is 0.492 e.